The molecule has 2 N–H and O–H groups in total. The first-order valence-electron chi connectivity index (χ1n) is 5.53. The van der Waals surface area contributed by atoms with Gasteiger partial charge >= 0.3 is 0 Å². The van der Waals surface area contributed by atoms with Gasteiger partial charge in [-0.3, -0.25) is 0 Å². The lowest BCUT2D eigenvalue weighted by atomic mass is 10.2. The van der Waals surface area contributed by atoms with Crippen LogP contribution in [0, 0.1) is 6.92 Å². The number of hydrogen-bond acceptors (Lipinski definition) is 2. The molecule has 0 bridgehead atoms. The van der Waals surface area contributed by atoms with Gasteiger partial charge in [0, 0.05) is 16.7 Å². The van der Waals surface area contributed by atoms with Gasteiger partial charge in [-0.2, -0.15) is 0 Å². The minimum Gasteiger partial charge on any atom is -0.506 e. The Morgan fingerprint density at radius 1 is 1.22 bits per heavy atom. The standard InChI is InChI=1S/C14H13BrClNO/c1-9-6-11(3-4-12(9)15)17-8-10-2-5-14(18)13(16)7-10/h2-7,17-18H,8H2,1H3. The predicted octanol–water partition coefficient (Wildman–Crippen LogP) is 4.73. The summed E-state index contributed by atoms with van der Waals surface area (Å²) in [7, 11) is 0. The smallest absolute Gasteiger partial charge is 0.134 e. The maximum absolute atomic E-state index is 9.34. The van der Waals surface area contributed by atoms with Crippen LogP contribution < -0.4 is 5.32 Å². The van der Waals surface area contributed by atoms with E-state index in [-0.39, 0.29) is 5.75 Å². The van der Waals surface area contributed by atoms with Crippen LogP contribution in [0.4, 0.5) is 5.69 Å². The van der Waals surface area contributed by atoms with Crippen LogP contribution in [0.1, 0.15) is 11.1 Å². The summed E-state index contributed by atoms with van der Waals surface area (Å²) >= 11 is 9.33. The van der Waals surface area contributed by atoms with E-state index in [9.17, 15) is 5.11 Å². The van der Waals surface area contributed by atoms with Gasteiger partial charge < -0.3 is 10.4 Å². The van der Waals surface area contributed by atoms with E-state index in [0.717, 1.165) is 15.7 Å². The molecule has 0 fully saturated rings. The summed E-state index contributed by atoms with van der Waals surface area (Å²) in [4.78, 5) is 0. The molecular weight excluding hydrogens is 314 g/mol. The van der Waals surface area contributed by atoms with Crippen LogP contribution in [0.3, 0.4) is 0 Å². The Morgan fingerprint density at radius 3 is 2.67 bits per heavy atom. The summed E-state index contributed by atoms with van der Waals surface area (Å²) < 4.78 is 1.10. The Morgan fingerprint density at radius 2 is 2.00 bits per heavy atom. The zero-order valence-corrected chi connectivity index (χ0v) is 12.2. The van der Waals surface area contributed by atoms with Crippen molar-refractivity contribution >= 4 is 33.2 Å². The fourth-order valence-electron chi connectivity index (χ4n) is 1.62. The second kappa shape index (κ2) is 5.63. The first kappa shape index (κ1) is 13.2. The van der Waals surface area contributed by atoms with Crippen molar-refractivity contribution in [2.75, 3.05) is 5.32 Å². The highest BCUT2D eigenvalue weighted by atomic mass is 79.9. The van der Waals surface area contributed by atoms with Gasteiger partial charge in [0.2, 0.25) is 0 Å². The van der Waals surface area contributed by atoms with E-state index in [1.807, 2.05) is 25.1 Å². The molecule has 0 aliphatic rings. The summed E-state index contributed by atoms with van der Waals surface area (Å²) in [5, 5.41) is 13.0. The second-order valence-electron chi connectivity index (χ2n) is 4.10. The molecule has 0 amide bonds. The number of nitrogens with one attached hydrogen (secondary N) is 1. The molecule has 2 rings (SSSR count). The van der Waals surface area contributed by atoms with Crippen molar-refractivity contribution in [3.05, 3.63) is 57.0 Å². The van der Waals surface area contributed by atoms with Gasteiger partial charge in [0.05, 0.1) is 5.02 Å². The topological polar surface area (TPSA) is 32.3 Å². The second-order valence-corrected chi connectivity index (χ2v) is 5.36. The van der Waals surface area contributed by atoms with Crippen molar-refractivity contribution in [2.24, 2.45) is 0 Å². The Kier molecular flexibility index (Phi) is 4.15. The first-order valence-corrected chi connectivity index (χ1v) is 6.71. The fourth-order valence-corrected chi connectivity index (χ4v) is 2.07. The van der Waals surface area contributed by atoms with Crippen LogP contribution in [0.25, 0.3) is 0 Å². The summed E-state index contributed by atoms with van der Waals surface area (Å²) in [5.41, 5.74) is 3.27. The average molecular weight is 327 g/mol. The highest BCUT2D eigenvalue weighted by Crippen LogP contribution is 2.24. The lowest BCUT2D eigenvalue weighted by molar-refractivity contribution is 0.475. The van der Waals surface area contributed by atoms with Gasteiger partial charge in [0.25, 0.3) is 0 Å². The molecule has 4 heteroatoms. The molecule has 0 saturated carbocycles. The minimum absolute atomic E-state index is 0.111. The molecule has 0 saturated heterocycles. The van der Waals surface area contributed by atoms with Crippen molar-refractivity contribution in [1.29, 1.82) is 0 Å². The van der Waals surface area contributed by atoms with E-state index in [1.165, 1.54) is 5.56 Å². The van der Waals surface area contributed by atoms with Crippen LogP contribution >= 0.6 is 27.5 Å². The molecule has 2 aromatic rings. The normalized spacial score (nSPS) is 10.4. The molecule has 0 aromatic heterocycles. The lowest BCUT2D eigenvalue weighted by Crippen LogP contribution is -1.99. The third-order valence-electron chi connectivity index (χ3n) is 2.67. The van der Waals surface area contributed by atoms with Crippen LogP contribution in [0.15, 0.2) is 40.9 Å². The van der Waals surface area contributed by atoms with E-state index in [1.54, 1.807) is 12.1 Å². The number of hydrogen-bond donors (Lipinski definition) is 2. The van der Waals surface area contributed by atoms with Crippen LogP contribution in [-0.2, 0) is 6.54 Å². The van der Waals surface area contributed by atoms with Gasteiger partial charge in [0.1, 0.15) is 5.75 Å². The highest BCUT2D eigenvalue weighted by Gasteiger charge is 2.01. The Bertz CT molecular complexity index is 520. The molecule has 18 heavy (non-hydrogen) atoms. The van der Waals surface area contributed by atoms with Crippen molar-refractivity contribution < 1.29 is 5.11 Å². The molecule has 0 unspecified atom stereocenters. The number of rotatable bonds is 3. The molecule has 0 atom stereocenters. The van der Waals surface area contributed by atoms with Gasteiger partial charge in [-0.25, -0.2) is 0 Å². The molecule has 94 valence electrons. The molecule has 0 spiro atoms. The third-order valence-corrected chi connectivity index (χ3v) is 3.86. The first-order chi connectivity index (χ1) is 8.56. The van der Waals surface area contributed by atoms with E-state index in [0.29, 0.717) is 11.6 Å². The number of anilines is 1. The van der Waals surface area contributed by atoms with E-state index in [4.69, 9.17) is 11.6 Å². The van der Waals surface area contributed by atoms with E-state index in [2.05, 4.69) is 27.3 Å². The summed E-state index contributed by atoms with van der Waals surface area (Å²) in [6.07, 6.45) is 0. The van der Waals surface area contributed by atoms with Gasteiger partial charge in [0.15, 0.2) is 0 Å². The number of aryl methyl sites for hydroxylation is 1. The molecule has 2 aromatic carbocycles. The highest BCUT2D eigenvalue weighted by molar-refractivity contribution is 9.10. The number of phenols is 1. The van der Waals surface area contributed by atoms with Crippen LogP contribution in [0.2, 0.25) is 5.02 Å². The molecule has 0 aliphatic heterocycles. The van der Waals surface area contributed by atoms with Gasteiger partial charge in [-0.1, -0.05) is 33.6 Å². The summed E-state index contributed by atoms with van der Waals surface area (Å²) in [6, 6.07) is 11.3. The number of benzene rings is 2. The van der Waals surface area contributed by atoms with Crippen molar-refractivity contribution in [3.8, 4) is 5.75 Å². The SMILES string of the molecule is Cc1cc(NCc2ccc(O)c(Cl)c2)ccc1Br. The number of phenolic OH excluding ortho intramolecular Hbond substituents is 1. The lowest BCUT2D eigenvalue weighted by Gasteiger charge is -2.09. The number of aromatic hydroxyl groups is 1. The molecular formula is C14H13BrClNO. The zero-order valence-electron chi connectivity index (χ0n) is 9.87. The summed E-state index contributed by atoms with van der Waals surface area (Å²) in [6.45, 7) is 2.72. The van der Waals surface area contributed by atoms with Gasteiger partial charge in [-0.05, 0) is 48.4 Å². The van der Waals surface area contributed by atoms with Crippen molar-refractivity contribution in [1.82, 2.24) is 0 Å². The van der Waals surface area contributed by atoms with Crippen LogP contribution in [-0.4, -0.2) is 5.11 Å². The number of halogens is 2. The van der Waals surface area contributed by atoms with Gasteiger partial charge in [-0.15, -0.1) is 0 Å². The molecule has 0 radical (unpaired) electrons. The monoisotopic (exact) mass is 325 g/mol. The maximum atomic E-state index is 9.34. The summed E-state index contributed by atoms with van der Waals surface area (Å²) in [5.74, 6) is 0.111. The van der Waals surface area contributed by atoms with E-state index < -0.39 is 0 Å². The fraction of sp³-hybridized carbons (Fsp3) is 0.143. The average Bonchev–Trinajstić information content (AvgIpc) is 2.35. The Hall–Kier alpha value is -1.19. The minimum atomic E-state index is 0.111. The predicted molar refractivity (Wildman–Crippen MR) is 79.3 cm³/mol. The van der Waals surface area contributed by atoms with Crippen molar-refractivity contribution in [3.63, 3.8) is 0 Å². The maximum Gasteiger partial charge on any atom is 0.134 e. The third kappa shape index (κ3) is 3.18. The van der Waals surface area contributed by atoms with E-state index >= 15 is 0 Å². The molecule has 0 aliphatic carbocycles. The largest absolute Gasteiger partial charge is 0.506 e. The van der Waals surface area contributed by atoms with Crippen LogP contribution in [0.5, 0.6) is 5.75 Å². The van der Waals surface area contributed by atoms with Crippen molar-refractivity contribution in [2.45, 2.75) is 13.5 Å². The molecule has 2 nitrogen and oxygen atoms in total. The zero-order chi connectivity index (χ0) is 13.1. The Balaban J connectivity index is 2.06. The molecule has 0 heterocycles. The quantitative estimate of drug-likeness (QED) is 0.854. The Labute approximate surface area is 120 Å².